The van der Waals surface area contributed by atoms with Crippen molar-refractivity contribution in [3.8, 4) is 5.75 Å². The van der Waals surface area contributed by atoms with E-state index in [0.717, 1.165) is 17.6 Å². The fourth-order valence-corrected chi connectivity index (χ4v) is 4.68. The molecule has 11 heteroatoms. The first-order chi connectivity index (χ1) is 15.8. The summed E-state index contributed by atoms with van der Waals surface area (Å²) in [5.74, 6) is 0.681. The number of rotatable bonds is 8. The number of hydrogen-bond donors (Lipinski definition) is 4. The molecule has 1 aliphatic rings. The topological polar surface area (TPSA) is 112 Å². The normalized spacial score (nSPS) is 19.5. The molecule has 0 atom stereocenters. The van der Waals surface area contributed by atoms with Crippen LogP contribution in [0.2, 0.25) is 0 Å². The SMILES string of the molecule is CC(C)(O)C(=N)c1cc(C=O)cc(F)c1Nc1cccc(OC(F)F)c1.CNC1(C)CS(=O)C1. The van der Waals surface area contributed by atoms with Gasteiger partial charge in [-0.05, 0) is 52.1 Å². The van der Waals surface area contributed by atoms with E-state index in [4.69, 9.17) is 5.41 Å². The third-order valence-corrected chi connectivity index (χ3v) is 6.94. The van der Waals surface area contributed by atoms with Gasteiger partial charge in [0.25, 0.3) is 0 Å². The summed E-state index contributed by atoms with van der Waals surface area (Å²) in [6, 6.07) is 7.69. The van der Waals surface area contributed by atoms with Gasteiger partial charge in [0.05, 0.1) is 11.4 Å². The van der Waals surface area contributed by atoms with E-state index in [1.54, 1.807) is 0 Å². The van der Waals surface area contributed by atoms with Crippen molar-refractivity contribution in [2.45, 2.75) is 38.5 Å². The summed E-state index contributed by atoms with van der Waals surface area (Å²) in [5, 5.41) is 24.0. The van der Waals surface area contributed by atoms with E-state index in [1.165, 1.54) is 44.2 Å². The molecule has 0 radical (unpaired) electrons. The number of nitrogens with one attached hydrogen (secondary N) is 3. The van der Waals surface area contributed by atoms with Crippen LogP contribution in [0.1, 0.15) is 36.7 Å². The number of carbonyl (C=O) groups excluding carboxylic acids is 1. The first-order valence-corrected chi connectivity index (χ1v) is 11.7. The quantitative estimate of drug-likeness (QED) is 0.324. The Kier molecular flexibility index (Phi) is 8.98. The minimum Gasteiger partial charge on any atom is -0.435 e. The Balaban J connectivity index is 0.000000430. The minimum absolute atomic E-state index is 0.00756. The molecule has 0 unspecified atom stereocenters. The van der Waals surface area contributed by atoms with Crippen LogP contribution in [-0.2, 0) is 10.8 Å². The van der Waals surface area contributed by atoms with Gasteiger partial charge in [-0.25, -0.2) is 4.39 Å². The van der Waals surface area contributed by atoms with Gasteiger partial charge in [0.2, 0.25) is 0 Å². The second-order valence-electron chi connectivity index (χ2n) is 8.55. The molecular formula is C23H28F3N3O4S. The molecule has 0 amide bonds. The number of anilines is 2. The van der Waals surface area contributed by atoms with Crippen LogP contribution in [-0.4, -0.2) is 57.6 Å². The van der Waals surface area contributed by atoms with E-state index >= 15 is 0 Å². The summed E-state index contributed by atoms with van der Waals surface area (Å²) in [5.41, 5.74) is -1.70. The summed E-state index contributed by atoms with van der Waals surface area (Å²) >= 11 is 0. The smallest absolute Gasteiger partial charge is 0.387 e. The molecule has 1 fully saturated rings. The maximum Gasteiger partial charge on any atom is 0.387 e. The number of hydrogen-bond acceptors (Lipinski definition) is 7. The average Bonchev–Trinajstić information content (AvgIpc) is 2.73. The van der Waals surface area contributed by atoms with Crippen molar-refractivity contribution < 1.29 is 32.0 Å². The fourth-order valence-electron chi connectivity index (χ4n) is 3.06. The Hall–Kier alpha value is -2.76. The summed E-state index contributed by atoms with van der Waals surface area (Å²) in [7, 11) is 1.39. The van der Waals surface area contributed by atoms with Crippen molar-refractivity contribution in [3.63, 3.8) is 0 Å². The Morgan fingerprint density at radius 2 is 1.94 bits per heavy atom. The number of halogens is 3. The summed E-state index contributed by atoms with van der Waals surface area (Å²) in [6.07, 6.45) is 0.422. The first kappa shape index (κ1) is 27.5. The predicted octanol–water partition coefficient (Wildman–Crippen LogP) is 3.85. The molecular weight excluding hydrogens is 471 g/mol. The number of benzene rings is 2. The van der Waals surface area contributed by atoms with Gasteiger partial charge in [-0.3, -0.25) is 9.00 Å². The Labute approximate surface area is 198 Å². The van der Waals surface area contributed by atoms with Gasteiger partial charge in [-0.1, -0.05) is 6.07 Å². The van der Waals surface area contributed by atoms with Crippen molar-refractivity contribution >= 4 is 34.2 Å². The maximum atomic E-state index is 14.5. The molecule has 2 aromatic carbocycles. The Morgan fingerprint density at radius 1 is 1.29 bits per heavy atom. The van der Waals surface area contributed by atoms with Crippen LogP contribution in [0.5, 0.6) is 5.75 Å². The number of carbonyl (C=O) groups is 1. The van der Waals surface area contributed by atoms with E-state index in [0.29, 0.717) is 6.29 Å². The zero-order valence-electron chi connectivity index (χ0n) is 19.2. The van der Waals surface area contributed by atoms with Gasteiger partial charge < -0.3 is 25.9 Å². The largest absolute Gasteiger partial charge is 0.435 e. The molecule has 0 saturated carbocycles. The zero-order chi connectivity index (χ0) is 25.7. The lowest BCUT2D eigenvalue weighted by molar-refractivity contribution is -0.0498. The van der Waals surface area contributed by atoms with Crippen molar-refractivity contribution in [2.24, 2.45) is 0 Å². The second-order valence-corrected chi connectivity index (χ2v) is 10.0. The standard InChI is InChI=1S/C18H17F3N2O3.C5H11NOS/c1-18(2,25)16(22)13-6-10(9-24)7-14(19)15(13)23-11-4-3-5-12(8-11)26-17(20)21;1-5(6-2)3-8(7)4-5/h3-9,17,22-23,25H,1-2H3;6H,3-4H2,1-2H3. The molecule has 0 spiro atoms. The molecule has 34 heavy (non-hydrogen) atoms. The van der Waals surface area contributed by atoms with Crippen LogP contribution in [0.25, 0.3) is 0 Å². The van der Waals surface area contributed by atoms with Crippen LogP contribution in [0.4, 0.5) is 24.5 Å². The molecule has 186 valence electrons. The van der Waals surface area contributed by atoms with E-state index in [-0.39, 0.29) is 39.5 Å². The lowest BCUT2D eigenvalue weighted by Crippen LogP contribution is -2.58. The van der Waals surface area contributed by atoms with Crippen LogP contribution in [0.15, 0.2) is 36.4 Å². The monoisotopic (exact) mass is 499 g/mol. The average molecular weight is 500 g/mol. The molecule has 0 aromatic heterocycles. The first-order valence-electron chi connectivity index (χ1n) is 10.2. The lowest BCUT2D eigenvalue weighted by Gasteiger charge is -2.36. The summed E-state index contributed by atoms with van der Waals surface area (Å²) in [4.78, 5) is 11.0. The van der Waals surface area contributed by atoms with Crippen LogP contribution in [0, 0.1) is 11.2 Å². The Morgan fingerprint density at radius 3 is 2.41 bits per heavy atom. The third kappa shape index (κ3) is 7.37. The zero-order valence-corrected chi connectivity index (χ0v) is 20.1. The van der Waals surface area contributed by atoms with Gasteiger partial charge in [-0.15, -0.1) is 0 Å². The summed E-state index contributed by atoms with van der Waals surface area (Å²) < 4.78 is 54.0. The molecule has 3 rings (SSSR count). The van der Waals surface area contributed by atoms with Crippen molar-refractivity contribution in [3.05, 3.63) is 53.3 Å². The molecule has 4 N–H and O–H groups in total. The number of alkyl halides is 2. The number of aliphatic hydroxyl groups is 1. The van der Waals surface area contributed by atoms with E-state index in [9.17, 15) is 27.3 Å². The van der Waals surface area contributed by atoms with Crippen molar-refractivity contribution in [1.29, 1.82) is 5.41 Å². The molecule has 1 aliphatic heterocycles. The molecule has 1 saturated heterocycles. The van der Waals surface area contributed by atoms with E-state index in [2.05, 4.69) is 22.3 Å². The number of ether oxygens (including phenoxy) is 1. The van der Waals surface area contributed by atoms with E-state index < -0.39 is 28.8 Å². The van der Waals surface area contributed by atoms with Gasteiger partial charge in [-0.2, -0.15) is 8.78 Å². The van der Waals surface area contributed by atoms with Gasteiger partial charge in [0.15, 0.2) is 0 Å². The van der Waals surface area contributed by atoms with Crippen LogP contribution in [0.3, 0.4) is 0 Å². The number of aldehydes is 1. The van der Waals surface area contributed by atoms with Crippen molar-refractivity contribution in [1.82, 2.24) is 5.32 Å². The minimum atomic E-state index is -3.01. The van der Waals surface area contributed by atoms with Gasteiger partial charge >= 0.3 is 6.61 Å². The predicted molar refractivity (Wildman–Crippen MR) is 127 cm³/mol. The Bertz CT molecular complexity index is 1070. The molecule has 2 aromatic rings. The van der Waals surface area contributed by atoms with Gasteiger partial charge in [0, 0.05) is 50.7 Å². The highest BCUT2D eigenvalue weighted by Gasteiger charge is 2.36. The maximum absolute atomic E-state index is 14.5. The summed E-state index contributed by atoms with van der Waals surface area (Å²) in [6.45, 7) is 1.78. The van der Waals surface area contributed by atoms with E-state index in [1.807, 2.05) is 7.05 Å². The van der Waals surface area contributed by atoms with Crippen LogP contribution < -0.4 is 15.4 Å². The van der Waals surface area contributed by atoms with Gasteiger partial charge in [0.1, 0.15) is 23.5 Å². The third-order valence-electron chi connectivity index (χ3n) is 5.02. The highest BCUT2D eigenvalue weighted by Crippen LogP contribution is 2.30. The highest BCUT2D eigenvalue weighted by molar-refractivity contribution is 7.86. The molecule has 7 nitrogen and oxygen atoms in total. The molecule has 0 bridgehead atoms. The van der Waals surface area contributed by atoms with Crippen LogP contribution >= 0.6 is 0 Å². The highest BCUT2D eigenvalue weighted by atomic mass is 32.2. The molecule has 0 aliphatic carbocycles. The molecule has 1 heterocycles. The van der Waals surface area contributed by atoms with Crippen molar-refractivity contribution in [2.75, 3.05) is 23.9 Å². The second kappa shape index (κ2) is 11.1. The fraction of sp³-hybridized carbons (Fsp3) is 0.391. The lowest BCUT2D eigenvalue weighted by atomic mass is 9.93.